The summed E-state index contributed by atoms with van der Waals surface area (Å²) in [6.45, 7) is 6.14. The molecule has 2 saturated carbocycles. The van der Waals surface area contributed by atoms with Gasteiger partial charge in [0.05, 0.1) is 5.41 Å². The first-order chi connectivity index (χ1) is 13.8. The number of hydrogen-bond donors (Lipinski definition) is 0. The highest BCUT2D eigenvalue weighted by molar-refractivity contribution is 5.85. The van der Waals surface area contributed by atoms with Crippen LogP contribution in [0.4, 0.5) is 4.39 Å². The second kappa shape index (κ2) is 9.27. The molecule has 29 heavy (non-hydrogen) atoms. The first kappa shape index (κ1) is 21.8. The molecule has 2 aliphatic rings. The quantitative estimate of drug-likeness (QED) is 0.613. The van der Waals surface area contributed by atoms with E-state index in [0.717, 1.165) is 37.7 Å². The largest absolute Gasteiger partial charge is 0.460 e. The molecule has 0 heterocycles. The summed E-state index contributed by atoms with van der Waals surface area (Å²) in [5.41, 5.74) is -0.0240. The molecule has 0 radical (unpaired) electrons. The highest BCUT2D eigenvalue weighted by Gasteiger charge is 2.44. The lowest BCUT2D eigenvalue weighted by Gasteiger charge is -2.36. The maximum atomic E-state index is 13.3. The van der Waals surface area contributed by atoms with E-state index in [9.17, 15) is 14.0 Å². The second-order valence-electron chi connectivity index (χ2n) is 9.23. The minimum absolute atomic E-state index is 0.109. The Morgan fingerprint density at radius 2 is 1.79 bits per heavy atom. The SMILES string of the molecule is CC(C)[C@@H]1CC[C@@H](C)C[C@H]1OC(=O)COC(=O)C1(c2ccc(F)cc2)CCCC1. The number of carbonyl (C=O) groups excluding carboxylic acids is 2. The molecule has 5 heteroatoms. The highest BCUT2D eigenvalue weighted by Crippen LogP contribution is 2.42. The number of carbonyl (C=O) groups is 2. The lowest BCUT2D eigenvalue weighted by atomic mass is 9.75. The fraction of sp³-hybridized carbons (Fsp3) is 0.667. The van der Waals surface area contributed by atoms with E-state index in [4.69, 9.17) is 9.47 Å². The lowest BCUT2D eigenvalue weighted by Crippen LogP contribution is -2.38. The molecule has 0 spiro atoms. The van der Waals surface area contributed by atoms with Crippen LogP contribution in [-0.2, 0) is 24.5 Å². The molecular formula is C24H33FO4. The maximum absolute atomic E-state index is 13.3. The van der Waals surface area contributed by atoms with Gasteiger partial charge < -0.3 is 9.47 Å². The fourth-order valence-corrected chi connectivity index (χ4v) is 5.07. The summed E-state index contributed by atoms with van der Waals surface area (Å²) in [5.74, 6) is 0.117. The van der Waals surface area contributed by atoms with Crippen LogP contribution in [0.1, 0.15) is 71.3 Å². The van der Waals surface area contributed by atoms with Crippen LogP contribution >= 0.6 is 0 Å². The molecular weight excluding hydrogens is 371 g/mol. The van der Waals surface area contributed by atoms with Crippen molar-refractivity contribution >= 4 is 11.9 Å². The van der Waals surface area contributed by atoms with Crippen LogP contribution in [0.15, 0.2) is 24.3 Å². The van der Waals surface area contributed by atoms with Crippen molar-refractivity contribution in [1.82, 2.24) is 0 Å². The normalized spacial score (nSPS) is 26.3. The van der Waals surface area contributed by atoms with E-state index in [1.807, 2.05) is 0 Å². The van der Waals surface area contributed by atoms with Crippen molar-refractivity contribution in [3.8, 4) is 0 Å². The predicted molar refractivity (Wildman–Crippen MR) is 109 cm³/mol. The number of hydrogen-bond acceptors (Lipinski definition) is 4. The Balaban J connectivity index is 1.61. The standard InChI is InChI=1S/C24H33FO4/c1-16(2)20-11-6-17(3)14-21(20)29-22(26)15-28-23(27)24(12-4-5-13-24)18-7-9-19(25)10-8-18/h7-10,16-17,20-21H,4-6,11-15H2,1-3H3/t17-,20+,21-/m1/s1. The zero-order chi connectivity index (χ0) is 21.0. The second-order valence-corrected chi connectivity index (χ2v) is 9.23. The first-order valence-electron chi connectivity index (χ1n) is 10.9. The molecule has 3 atom stereocenters. The zero-order valence-corrected chi connectivity index (χ0v) is 17.8. The Morgan fingerprint density at radius 1 is 1.14 bits per heavy atom. The van der Waals surface area contributed by atoms with Crippen LogP contribution in [0, 0.1) is 23.6 Å². The molecule has 1 aromatic carbocycles. The van der Waals surface area contributed by atoms with E-state index < -0.39 is 17.4 Å². The summed E-state index contributed by atoms with van der Waals surface area (Å²) in [7, 11) is 0. The average molecular weight is 405 g/mol. The summed E-state index contributed by atoms with van der Waals surface area (Å²) in [5, 5.41) is 0. The van der Waals surface area contributed by atoms with Crippen molar-refractivity contribution in [3.05, 3.63) is 35.6 Å². The zero-order valence-electron chi connectivity index (χ0n) is 17.8. The Bertz CT molecular complexity index is 706. The van der Waals surface area contributed by atoms with Crippen LogP contribution in [-0.4, -0.2) is 24.6 Å². The van der Waals surface area contributed by atoms with E-state index in [-0.39, 0.29) is 18.5 Å². The number of rotatable bonds is 6. The van der Waals surface area contributed by atoms with E-state index >= 15 is 0 Å². The van der Waals surface area contributed by atoms with Gasteiger partial charge in [0.15, 0.2) is 6.61 Å². The molecule has 2 fully saturated rings. The Labute approximate surface area is 173 Å². The van der Waals surface area contributed by atoms with E-state index in [1.54, 1.807) is 12.1 Å². The van der Waals surface area contributed by atoms with Gasteiger partial charge in [-0.3, -0.25) is 4.79 Å². The lowest BCUT2D eigenvalue weighted by molar-refractivity contribution is -0.169. The van der Waals surface area contributed by atoms with E-state index in [2.05, 4.69) is 20.8 Å². The van der Waals surface area contributed by atoms with Gasteiger partial charge in [0.2, 0.25) is 0 Å². The van der Waals surface area contributed by atoms with Gasteiger partial charge in [0.1, 0.15) is 11.9 Å². The van der Waals surface area contributed by atoms with Gasteiger partial charge in [0.25, 0.3) is 0 Å². The summed E-state index contributed by atoms with van der Waals surface area (Å²) in [6.07, 6.45) is 6.10. The van der Waals surface area contributed by atoms with Crippen LogP contribution < -0.4 is 0 Å². The molecule has 0 saturated heterocycles. The van der Waals surface area contributed by atoms with Crippen molar-refractivity contribution < 1.29 is 23.5 Å². The van der Waals surface area contributed by atoms with Gasteiger partial charge in [-0.1, -0.05) is 52.2 Å². The molecule has 4 nitrogen and oxygen atoms in total. The molecule has 0 N–H and O–H groups in total. The summed E-state index contributed by atoms with van der Waals surface area (Å²) in [4.78, 5) is 25.4. The van der Waals surface area contributed by atoms with Gasteiger partial charge in [-0.15, -0.1) is 0 Å². The molecule has 2 aliphatic carbocycles. The van der Waals surface area contributed by atoms with Crippen LogP contribution in [0.5, 0.6) is 0 Å². The van der Waals surface area contributed by atoms with E-state index in [1.165, 1.54) is 12.1 Å². The summed E-state index contributed by atoms with van der Waals surface area (Å²) < 4.78 is 24.5. The molecule has 0 aliphatic heterocycles. The molecule has 0 amide bonds. The highest BCUT2D eigenvalue weighted by atomic mass is 19.1. The first-order valence-corrected chi connectivity index (χ1v) is 10.9. The minimum Gasteiger partial charge on any atom is -0.460 e. The number of halogens is 1. The predicted octanol–water partition coefficient (Wildman–Crippen LogP) is 5.18. The topological polar surface area (TPSA) is 52.6 Å². The molecule has 0 bridgehead atoms. The van der Waals surface area contributed by atoms with Crippen molar-refractivity contribution in [2.24, 2.45) is 17.8 Å². The van der Waals surface area contributed by atoms with Crippen LogP contribution in [0.2, 0.25) is 0 Å². The molecule has 0 unspecified atom stereocenters. The van der Waals surface area contributed by atoms with Gasteiger partial charge in [0, 0.05) is 0 Å². The number of benzene rings is 1. The number of esters is 2. The van der Waals surface area contributed by atoms with Gasteiger partial charge in [-0.25, -0.2) is 9.18 Å². The van der Waals surface area contributed by atoms with Gasteiger partial charge in [-0.05, 0) is 61.1 Å². The van der Waals surface area contributed by atoms with Crippen molar-refractivity contribution in [1.29, 1.82) is 0 Å². The van der Waals surface area contributed by atoms with Gasteiger partial charge in [-0.2, -0.15) is 0 Å². The Kier molecular flexibility index (Phi) is 6.97. The Hall–Kier alpha value is -1.91. The smallest absolute Gasteiger partial charge is 0.344 e. The fourth-order valence-electron chi connectivity index (χ4n) is 5.07. The Morgan fingerprint density at radius 3 is 2.41 bits per heavy atom. The summed E-state index contributed by atoms with van der Waals surface area (Å²) >= 11 is 0. The van der Waals surface area contributed by atoms with Crippen molar-refractivity contribution in [2.45, 2.75) is 77.2 Å². The maximum Gasteiger partial charge on any atom is 0.344 e. The minimum atomic E-state index is -0.784. The number of ether oxygens (including phenoxy) is 2. The molecule has 1 aromatic rings. The third-order valence-corrected chi connectivity index (χ3v) is 6.81. The van der Waals surface area contributed by atoms with E-state index in [0.29, 0.717) is 30.6 Å². The third kappa shape index (κ3) is 4.99. The monoisotopic (exact) mass is 404 g/mol. The van der Waals surface area contributed by atoms with Crippen molar-refractivity contribution in [3.63, 3.8) is 0 Å². The van der Waals surface area contributed by atoms with Gasteiger partial charge >= 0.3 is 11.9 Å². The molecule has 0 aromatic heterocycles. The third-order valence-electron chi connectivity index (χ3n) is 6.81. The van der Waals surface area contributed by atoms with Crippen LogP contribution in [0.25, 0.3) is 0 Å². The van der Waals surface area contributed by atoms with Crippen LogP contribution in [0.3, 0.4) is 0 Å². The van der Waals surface area contributed by atoms with Crippen molar-refractivity contribution in [2.75, 3.05) is 6.61 Å². The molecule has 160 valence electrons. The average Bonchev–Trinajstić information content (AvgIpc) is 3.17. The summed E-state index contributed by atoms with van der Waals surface area (Å²) in [6, 6.07) is 6.04. The molecule has 3 rings (SSSR count).